The maximum absolute atomic E-state index is 12.0. The molecule has 2 aliphatic heterocycles. The second-order valence-electron chi connectivity index (χ2n) is 6.33. The van der Waals surface area contributed by atoms with Crippen molar-refractivity contribution in [3.05, 3.63) is 23.8 Å². The van der Waals surface area contributed by atoms with E-state index in [1.54, 1.807) is 11.1 Å². The topological polar surface area (TPSA) is 84.4 Å². The lowest BCUT2D eigenvalue weighted by Crippen LogP contribution is -2.31. The first-order valence-corrected chi connectivity index (χ1v) is 8.66. The van der Waals surface area contributed by atoms with Gasteiger partial charge in [-0.05, 0) is 25.3 Å². The van der Waals surface area contributed by atoms with E-state index in [0.29, 0.717) is 32.5 Å². The van der Waals surface area contributed by atoms with Crippen LogP contribution in [0.25, 0.3) is 0 Å². The number of carbonyl (C=O) groups excluding carboxylic acids is 2. The molecule has 1 aromatic heterocycles. The quantitative estimate of drug-likeness (QED) is 0.840. The minimum absolute atomic E-state index is 0.0594. The Hall–Kier alpha value is -2.02. The van der Waals surface area contributed by atoms with Crippen LogP contribution in [0.3, 0.4) is 0 Å². The molecule has 24 heavy (non-hydrogen) atoms. The first-order valence-electron chi connectivity index (χ1n) is 8.66. The highest BCUT2D eigenvalue weighted by atomic mass is 16.5. The molecule has 130 valence electrons. The number of rotatable bonds is 6. The third kappa shape index (κ3) is 4.50. The van der Waals surface area contributed by atoms with Gasteiger partial charge in [0.15, 0.2) is 0 Å². The van der Waals surface area contributed by atoms with Crippen molar-refractivity contribution in [1.29, 1.82) is 0 Å². The number of aromatic nitrogens is 2. The zero-order chi connectivity index (χ0) is 16.8. The first kappa shape index (κ1) is 16.8. The Morgan fingerprint density at radius 2 is 2.33 bits per heavy atom. The molecule has 1 N–H and O–H groups in total. The minimum atomic E-state index is -0.0594. The smallest absolute Gasteiger partial charge is 0.222 e. The Morgan fingerprint density at radius 1 is 1.42 bits per heavy atom. The van der Waals surface area contributed by atoms with Crippen LogP contribution in [0, 0.1) is 0 Å². The summed E-state index contributed by atoms with van der Waals surface area (Å²) in [6.07, 6.45) is 5.65. The van der Waals surface area contributed by atoms with Gasteiger partial charge in [0.05, 0.1) is 18.8 Å². The SMILES string of the molecule is O=C(CCN1CCCC1=O)NCc1ccnc([C@H]2CCCOC2)n1. The molecule has 2 amide bonds. The van der Waals surface area contributed by atoms with Crippen LogP contribution >= 0.6 is 0 Å². The summed E-state index contributed by atoms with van der Waals surface area (Å²) < 4.78 is 5.48. The number of hydrogen-bond acceptors (Lipinski definition) is 5. The van der Waals surface area contributed by atoms with Gasteiger partial charge in [0.25, 0.3) is 0 Å². The molecular formula is C17H24N4O3. The van der Waals surface area contributed by atoms with E-state index in [2.05, 4.69) is 15.3 Å². The monoisotopic (exact) mass is 332 g/mol. The van der Waals surface area contributed by atoms with Crippen molar-refractivity contribution in [2.45, 2.75) is 44.6 Å². The summed E-state index contributed by atoms with van der Waals surface area (Å²) in [5.41, 5.74) is 0.802. The van der Waals surface area contributed by atoms with Gasteiger partial charge >= 0.3 is 0 Å². The lowest BCUT2D eigenvalue weighted by molar-refractivity contribution is -0.128. The van der Waals surface area contributed by atoms with Crippen molar-refractivity contribution in [1.82, 2.24) is 20.2 Å². The predicted molar refractivity (Wildman–Crippen MR) is 87.1 cm³/mol. The number of ether oxygens (including phenoxy) is 1. The van der Waals surface area contributed by atoms with Gasteiger partial charge in [-0.2, -0.15) is 0 Å². The van der Waals surface area contributed by atoms with Gasteiger partial charge < -0.3 is 15.0 Å². The molecule has 0 spiro atoms. The van der Waals surface area contributed by atoms with E-state index >= 15 is 0 Å². The van der Waals surface area contributed by atoms with E-state index < -0.39 is 0 Å². The van der Waals surface area contributed by atoms with Crippen LogP contribution in [-0.4, -0.2) is 53.0 Å². The van der Waals surface area contributed by atoms with Gasteiger partial charge in [-0.3, -0.25) is 9.59 Å². The highest BCUT2D eigenvalue weighted by Crippen LogP contribution is 2.22. The van der Waals surface area contributed by atoms with Crippen LogP contribution in [-0.2, 0) is 20.9 Å². The van der Waals surface area contributed by atoms with Crippen molar-refractivity contribution >= 4 is 11.8 Å². The van der Waals surface area contributed by atoms with Crippen molar-refractivity contribution in [2.24, 2.45) is 0 Å². The molecule has 3 rings (SSSR count). The molecule has 7 heteroatoms. The number of nitrogens with zero attached hydrogens (tertiary/aromatic N) is 3. The van der Waals surface area contributed by atoms with E-state index in [9.17, 15) is 9.59 Å². The average molecular weight is 332 g/mol. The van der Waals surface area contributed by atoms with Crippen molar-refractivity contribution in [2.75, 3.05) is 26.3 Å². The summed E-state index contributed by atoms with van der Waals surface area (Å²) in [4.78, 5) is 34.1. The van der Waals surface area contributed by atoms with E-state index in [0.717, 1.165) is 43.9 Å². The molecule has 0 saturated carbocycles. The van der Waals surface area contributed by atoms with Gasteiger partial charge in [0, 0.05) is 44.7 Å². The number of hydrogen-bond donors (Lipinski definition) is 1. The van der Waals surface area contributed by atoms with Crippen LogP contribution in [0.1, 0.15) is 49.5 Å². The third-order valence-corrected chi connectivity index (χ3v) is 4.50. The molecule has 0 bridgehead atoms. The number of carbonyl (C=O) groups is 2. The predicted octanol–water partition coefficient (Wildman–Crippen LogP) is 0.999. The summed E-state index contributed by atoms with van der Waals surface area (Å²) in [5, 5.41) is 2.87. The summed E-state index contributed by atoms with van der Waals surface area (Å²) in [6, 6.07) is 1.82. The lowest BCUT2D eigenvalue weighted by atomic mass is 10.0. The molecular weight excluding hydrogens is 308 g/mol. The molecule has 0 aliphatic carbocycles. The maximum Gasteiger partial charge on any atom is 0.222 e. The molecule has 3 heterocycles. The Labute approximate surface area is 141 Å². The number of amides is 2. The zero-order valence-corrected chi connectivity index (χ0v) is 13.9. The van der Waals surface area contributed by atoms with Gasteiger partial charge in [-0.15, -0.1) is 0 Å². The Balaban J connectivity index is 1.45. The van der Waals surface area contributed by atoms with Gasteiger partial charge in [-0.25, -0.2) is 9.97 Å². The van der Waals surface area contributed by atoms with Gasteiger partial charge in [0.1, 0.15) is 5.82 Å². The van der Waals surface area contributed by atoms with Gasteiger partial charge in [0.2, 0.25) is 11.8 Å². The summed E-state index contributed by atoms with van der Waals surface area (Å²) in [7, 11) is 0. The largest absolute Gasteiger partial charge is 0.381 e. The van der Waals surface area contributed by atoms with Crippen molar-refractivity contribution < 1.29 is 14.3 Å². The molecule has 1 aromatic rings. The summed E-state index contributed by atoms with van der Waals surface area (Å²) in [6.45, 7) is 3.13. The molecule has 0 aromatic carbocycles. The second-order valence-corrected chi connectivity index (χ2v) is 6.33. The van der Waals surface area contributed by atoms with Crippen molar-refractivity contribution in [3.63, 3.8) is 0 Å². The van der Waals surface area contributed by atoms with Crippen LogP contribution in [0.15, 0.2) is 12.3 Å². The average Bonchev–Trinajstić information content (AvgIpc) is 3.04. The van der Waals surface area contributed by atoms with Crippen LogP contribution < -0.4 is 5.32 Å². The molecule has 2 saturated heterocycles. The highest BCUT2D eigenvalue weighted by molar-refractivity contribution is 5.80. The lowest BCUT2D eigenvalue weighted by Gasteiger charge is -2.21. The molecule has 1 atom stereocenters. The zero-order valence-electron chi connectivity index (χ0n) is 13.9. The number of nitrogens with one attached hydrogen (secondary N) is 1. The fourth-order valence-corrected chi connectivity index (χ4v) is 3.11. The molecule has 0 radical (unpaired) electrons. The molecule has 0 unspecified atom stereocenters. The molecule has 2 fully saturated rings. The van der Waals surface area contributed by atoms with E-state index in [1.807, 2.05) is 6.07 Å². The molecule has 7 nitrogen and oxygen atoms in total. The fourth-order valence-electron chi connectivity index (χ4n) is 3.11. The van der Waals surface area contributed by atoms with E-state index in [1.165, 1.54) is 0 Å². The maximum atomic E-state index is 12.0. The van der Waals surface area contributed by atoms with Gasteiger partial charge in [-0.1, -0.05) is 0 Å². The Bertz CT molecular complexity index is 587. The second kappa shape index (κ2) is 8.19. The Morgan fingerprint density at radius 3 is 3.08 bits per heavy atom. The van der Waals surface area contributed by atoms with E-state index in [4.69, 9.17) is 4.74 Å². The number of likely N-dealkylation sites (tertiary alicyclic amines) is 1. The third-order valence-electron chi connectivity index (χ3n) is 4.50. The minimum Gasteiger partial charge on any atom is -0.381 e. The first-order chi connectivity index (χ1) is 11.7. The highest BCUT2D eigenvalue weighted by Gasteiger charge is 2.21. The molecule has 2 aliphatic rings. The van der Waals surface area contributed by atoms with E-state index in [-0.39, 0.29) is 17.7 Å². The normalized spacial score (nSPS) is 21.1. The van der Waals surface area contributed by atoms with Crippen LogP contribution in [0.2, 0.25) is 0 Å². The Kier molecular flexibility index (Phi) is 5.74. The van der Waals surface area contributed by atoms with Crippen molar-refractivity contribution in [3.8, 4) is 0 Å². The summed E-state index contributed by atoms with van der Waals surface area (Å²) in [5.74, 6) is 1.13. The summed E-state index contributed by atoms with van der Waals surface area (Å²) >= 11 is 0. The van der Waals surface area contributed by atoms with Crippen LogP contribution in [0.5, 0.6) is 0 Å². The van der Waals surface area contributed by atoms with Crippen LogP contribution in [0.4, 0.5) is 0 Å². The standard InChI is InChI=1S/C17H24N4O3/c22-15(6-9-21-8-1-4-16(21)23)19-11-14-5-7-18-17(20-14)13-3-2-10-24-12-13/h5,7,13H,1-4,6,8-12H2,(H,19,22)/t13-/m0/s1. The fraction of sp³-hybridized carbons (Fsp3) is 0.647.